The van der Waals surface area contributed by atoms with E-state index in [1.54, 1.807) is 14.2 Å². The third-order valence-electron chi connectivity index (χ3n) is 4.93. The van der Waals surface area contributed by atoms with Crippen LogP contribution in [0.4, 0.5) is 0 Å². The Morgan fingerprint density at radius 1 is 1.04 bits per heavy atom. The molecule has 1 saturated heterocycles. The number of hydrogen-bond acceptors (Lipinski definition) is 5. The van der Waals surface area contributed by atoms with Crippen LogP contribution in [-0.4, -0.2) is 47.4 Å². The quantitative estimate of drug-likeness (QED) is 0.672. The van der Waals surface area contributed by atoms with E-state index in [4.69, 9.17) is 14.5 Å². The lowest BCUT2D eigenvalue weighted by Gasteiger charge is -2.14. The summed E-state index contributed by atoms with van der Waals surface area (Å²) in [6.45, 7) is 3.35. The lowest BCUT2D eigenvalue weighted by Crippen LogP contribution is -2.18. The molecule has 6 nitrogen and oxygen atoms in total. The molecule has 2 aromatic carbocycles. The van der Waals surface area contributed by atoms with E-state index in [9.17, 15) is 0 Å². The van der Waals surface area contributed by atoms with Gasteiger partial charge in [0.05, 0.1) is 19.8 Å². The number of likely N-dealkylation sites (tertiary alicyclic amines) is 1. The Morgan fingerprint density at radius 2 is 1.82 bits per heavy atom. The van der Waals surface area contributed by atoms with Crippen molar-refractivity contribution in [2.75, 3.05) is 27.3 Å². The van der Waals surface area contributed by atoms with Crippen LogP contribution >= 0.6 is 12.4 Å². The summed E-state index contributed by atoms with van der Waals surface area (Å²) in [6, 6.07) is 14.2. The maximum absolute atomic E-state index is 5.51. The van der Waals surface area contributed by atoms with Gasteiger partial charge in [-0.2, -0.15) is 5.10 Å². The number of methoxy groups -OCH3 is 2. The van der Waals surface area contributed by atoms with Gasteiger partial charge in [0.1, 0.15) is 0 Å². The summed E-state index contributed by atoms with van der Waals surface area (Å²) in [4.78, 5) is 7.18. The van der Waals surface area contributed by atoms with Gasteiger partial charge in [-0.15, -0.1) is 12.4 Å². The van der Waals surface area contributed by atoms with Gasteiger partial charge < -0.3 is 9.47 Å². The summed E-state index contributed by atoms with van der Waals surface area (Å²) in [7, 11) is 3.25. The summed E-state index contributed by atoms with van der Waals surface area (Å²) < 4.78 is 10.9. The molecule has 7 heteroatoms. The van der Waals surface area contributed by atoms with Crippen molar-refractivity contribution in [3.63, 3.8) is 0 Å². The van der Waals surface area contributed by atoms with Crippen molar-refractivity contribution >= 4 is 12.4 Å². The molecule has 2 heterocycles. The second kappa shape index (κ2) is 9.08. The summed E-state index contributed by atoms with van der Waals surface area (Å²) >= 11 is 0. The van der Waals surface area contributed by atoms with Gasteiger partial charge in [-0.3, -0.25) is 10.00 Å². The number of para-hydroxylation sites is 1. The molecule has 1 fully saturated rings. The molecule has 4 rings (SSSR count). The molecule has 28 heavy (non-hydrogen) atoms. The van der Waals surface area contributed by atoms with Crippen molar-refractivity contribution in [3.05, 3.63) is 48.0 Å². The van der Waals surface area contributed by atoms with Crippen LogP contribution < -0.4 is 9.47 Å². The first kappa shape index (κ1) is 20.2. The fourth-order valence-electron chi connectivity index (χ4n) is 3.59. The number of benzene rings is 2. The van der Waals surface area contributed by atoms with Crippen molar-refractivity contribution in [2.24, 2.45) is 0 Å². The van der Waals surface area contributed by atoms with Crippen LogP contribution in [0.2, 0.25) is 0 Å². The molecule has 1 N–H and O–H groups in total. The van der Waals surface area contributed by atoms with Crippen LogP contribution in [-0.2, 0) is 6.54 Å². The lowest BCUT2D eigenvalue weighted by atomic mass is 10.1. The minimum atomic E-state index is 0. The minimum Gasteiger partial charge on any atom is -0.493 e. The molecule has 0 spiro atoms. The first-order valence-electron chi connectivity index (χ1n) is 9.24. The molecule has 0 atom stereocenters. The van der Waals surface area contributed by atoms with Crippen molar-refractivity contribution < 1.29 is 9.47 Å². The molecule has 1 aliphatic heterocycles. The van der Waals surface area contributed by atoms with E-state index in [1.807, 2.05) is 24.3 Å². The topological polar surface area (TPSA) is 63.3 Å². The first-order valence-corrected chi connectivity index (χ1v) is 9.24. The van der Waals surface area contributed by atoms with Crippen LogP contribution in [0.15, 0.2) is 42.5 Å². The van der Waals surface area contributed by atoms with Crippen LogP contribution in [0.25, 0.3) is 22.8 Å². The van der Waals surface area contributed by atoms with Crippen LogP contribution in [0.5, 0.6) is 11.5 Å². The summed E-state index contributed by atoms with van der Waals surface area (Å²) in [6.07, 6.45) is 2.60. The Hall–Kier alpha value is -2.57. The normalized spacial score (nSPS) is 13.9. The van der Waals surface area contributed by atoms with E-state index in [0.29, 0.717) is 23.1 Å². The SMILES string of the molecule is COc1cccc(-c2nc(-c3cccc(CN4CCCC4)c3)n[nH]2)c1OC.Cl. The Balaban J connectivity index is 0.00000225. The molecule has 148 valence electrons. The standard InChI is InChI=1S/C21H24N4O2.ClH/c1-26-18-10-6-9-17(19(18)27-2)21-22-20(23-24-21)16-8-5-7-15(13-16)14-25-11-3-4-12-25;/h5-10,13H,3-4,11-12,14H2,1-2H3,(H,22,23,24);1H. The van der Waals surface area contributed by atoms with Gasteiger partial charge >= 0.3 is 0 Å². The van der Waals surface area contributed by atoms with E-state index in [1.165, 1.54) is 31.5 Å². The molecule has 3 aromatic rings. The van der Waals surface area contributed by atoms with Gasteiger partial charge in [0.25, 0.3) is 0 Å². The summed E-state index contributed by atoms with van der Waals surface area (Å²) in [5, 5.41) is 7.45. The molecule has 0 unspecified atom stereocenters. The van der Waals surface area contributed by atoms with Crippen molar-refractivity contribution in [1.29, 1.82) is 0 Å². The molecule has 0 amide bonds. The number of rotatable bonds is 6. The Kier molecular flexibility index (Phi) is 6.54. The monoisotopic (exact) mass is 400 g/mol. The zero-order chi connectivity index (χ0) is 18.6. The second-order valence-corrected chi connectivity index (χ2v) is 6.73. The molecular weight excluding hydrogens is 376 g/mol. The second-order valence-electron chi connectivity index (χ2n) is 6.73. The Morgan fingerprint density at radius 3 is 2.57 bits per heavy atom. The number of halogens is 1. The highest BCUT2D eigenvalue weighted by atomic mass is 35.5. The number of H-pyrrole nitrogens is 1. The number of nitrogens with zero attached hydrogens (tertiary/aromatic N) is 3. The van der Waals surface area contributed by atoms with Crippen LogP contribution in [0.3, 0.4) is 0 Å². The largest absolute Gasteiger partial charge is 0.493 e. The van der Waals surface area contributed by atoms with Gasteiger partial charge in [-0.05, 0) is 49.7 Å². The third-order valence-corrected chi connectivity index (χ3v) is 4.93. The number of nitrogens with one attached hydrogen (secondary N) is 1. The highest BCUT2D eigenvalue weighted by Gasteiger charge is 2.16. The molecule has 1 aliphatic rings. The predicted octanol–water partition coefficient (Wildman–Crippen LogP) is 4.17. The Bertz CT molecular complexity index is 922. The van der Waals surface area contributed by atoms with Gasteiger partial charge in [0.15, 0.2) is 23.1 Å². The van der Waals surface area contributed by atoms with Gasteiger partial charge in [-0.25, -0.2) is 4.98 Å². The van der Waals surface area contributed by atoms with Gasteiger partial charge in [0, 0.05) is 12.1 Å². The van der Waals surface area contributed by atoms with Crippen molar-refractivity contribution in [1.82, 2.24) is 20.1 Å². The van der Waals surface area contributed by atoms with Crippen molar-refractivity contribution in [2.45, 2.75) is 19.4 Å². The fraction of sp³-hybridized carbons (Fsp3) is 0.333. The summed E-state index contributed by atoms with van der Waals surface area (Å²) in [5.74, 6) is 2.65. The predicted molar refractivity (Wildman–Crippen MR) is 112 cm³/mol. The average Bonchev–Trinajstić information content (AvgIpc) is 3.39. The molecule has 0 radical (unpaired) electrons. The first-order chi connectivity index (χ1) is 13.3. The number of ether oxygens (including phenoxy) is 2. The lowest BCUT2D eigenvalue weighted by molar-refractivity contribution is 0.331. The van der Waals surface area contributed by atoms with E-state index < -0.39 is 0 Å². The number of hydrogen-bond donors (Lipinski definition) is 1. The maximum atomic E-state index is 5.51. The molecule has 1 aromatic heterocycles. The average molecular weight is 401 g/mol. The van der Waals surface area contributed by atoms with Gasteiger partial charge in [-0.1, -0.05) is 24.3 Å². The minimum absolute atomic E-state index is 0. The number of aromatic nitrogens is 3. The fourth-order valence-corrected chi connectivity index (χ4v) is 3.59. The molecule has 0 bridgehead atoms. The van der Waals surface area contributed by atoms with Gasteiger partial charge in [0.2, 0.25) is 0 Å². The highest BCUT2D eigenvalue weighted by molar-refractivity contribution is 5.85. The van der Waals surface area contributed by atoms with E-state index in [2.05, 4.69) is 33.3 Å². The molecule has 0 saturated carbocycles. The zero-order valence-electron chi connectivity index (χ0n) is 16.1. The smallest absolute Gasteiger partial charge is 0.181 e. The third kappa shape index (κ3) is 4.13. The van der Waals surface area contributed by atoms with Crippen molar-refractivity contribution in [3.8, 4) is 34.3 Å². The molecule has 0 aliphatic carbocycles. The Labute approximate surface area is 171 Å². The highest BCUT2D eigenvalue weighted by Crippen LogP contribution is 2.36. The molecular formula is C21H25ClN4O2. The summed E-state index contributed by atoms with van der Waals surface area (Å²) in [5.41, 5.74) is 3.12. The van der Waals surface area contributed by atoms with E-state index in [0.717, 1.165) is 17.7 Å². The van der Waals surface area contributed by atoms with Crippen LogP contribution in [0.1, 0.15) is 18.4 Å². The van der Waals surface area contributed by atoms with E-state index >= 15 is 0 Å². The van der Waals surface area contributed by atoms with E-state index in [-0.39, 0.29) is 12.4 Å². The zero-order valence-corrected chi connectivity index (χ0v) is 17.0. The maximum Gasteiger partial charge on any atom is 0.181 e. The van der Waals surface area contributed by atoms with Crippen LogP contribution in [0, 0.1) is 0 Å². The number of aromatic amines is 1.